The van der Waals surface area contributed by atoms with Gasteiger partial charge in [-0.15, -0.1) is 0 Å². The molecule has 0 heterocycles. The zero-order valence-corrected chi connectivity index (χ0v) is 8.14. The Labute approximate surface area is 82.9 Å². The Morgan fingerprint density at radius 3 is 2.92 bits per heavy atom. The quantitative estimate of drug-likeness (QED) is 0.626. The standard InChI is InChI=1S/C10H13ClN2/c11-10-7-2-1-3-8(12)6(7)4-5-9(10)13/h4-5,8H,1-3,12-13H2/t8-/m0/s1. The Morgan fingerprint density at radius 2 is 2.15 bits per heavy atom. The van der Waals surface area contributed by atoms with E-state index in [1.807, 2.05) is 12.1 Å². The summed E-state index contributed by atoms with van der Waals surface area (Å²) in [5, 5.41) is 0.702. The maximum atomic E-state index is 6.10. The van der Waals surface area contributed by atoms with Gasteiger partial charge in [0.15, 0.2) is 0 Å². The normalized spacial score (nSPS) is 21.2. The largest absolute Gasteiger partial charge is 0.398 e. The Morgan fingerprint density at radius 1 is 1.38 bits per heavy atom. The van der Waals surface area contributed by atoms with Crippen LogP contribution in [0.2, 0.25) is 5.02 Å². The molecule has 1 aliphatic rings. The van der Waals surface area contributed by atoms with Crippen LogP contribution in [-0.2, 0) is 6.42 Å². The van der Waals surface area contributed by atoms with Crippen molar-refractivity contribution in [3.8, 4) is 0 Å². The van der Waals surface area contributed by atoms with E-state index in [1.54, 1.807) is 0 Å². The average Bonchev–Trinajstić information content (AvgIpc) is 2.12. The SMILES string of the molecule is Nc1ccc2c(c1Cl)CCC[C@@H]2N. The fraction of sp³-hybridized carbons (Fsp3) is 0.400. The lowest BCUT2D eigenvalue weighted by Gasteiger charge is -2.23. The number of benzene rings is 1. The first kappa shape index (κ1) is 8.85. The van der Waals surface area contributed by atoms with Crippen molar-refractivity contribution in [2.24, 2.45) is 5.73 Å². The topological polar surface area (TPSA) is 52.0 Å². The van der Waals surface area contributed by atoms with Gasteiger partial charge in [0.25, 0.3) is 0 Å². The minimum atomic E-state index is 0.141. The van der Waals surface area contributed by atoms with E-state index in [0.717, 1.165) is 24.8 Å². The van der Waals surface area contributed by atoms with Gasteiger partial charge in [0, 0.05) is 6.04 Å². The molecule has 3 heteroatoms. The summed E-state index contributed by atoms with van der Waals surface area (Å²) in [4.78, 5) is 0. The number of fused-ring (bicyclic) bond motifs is 1. The van der Waals surface area contributed by atoms with Crippen LogP contribution in [0.1, 0.15) is 30.0 Å². The van der Waals surface area contributed by atoms with Gasteiger partial charge in [-0.3, -0.25) is 0 Å². The van der Waals surface area contributed by atoms with Gasteiger partial charge in [-0.25, -0.2) is 0 Å². The summed E-state index contributed by atoms with van der Waals surface area (Å²) in [7, 11) is 0. The lowest BCUT2D eigenvalue weighted by atomic mass is 9.88. The van der Waals surface area contributed by atoms with Gasteiger partial charge in [0.05, 0.1) is 10.7 Å². The molecule has 0 saturated carbocycles. The maximum absolute atomic E-state index is 6.10. The molecule has 1 aromatic carbocycles. The van der Waals surface area contributed by atoms with E-state index in [4.69, 9.17) is 23.1 Å². The monoisotopic (exact) mass is 196 g/mol. The van der Waals surface area contributed by atoms with Crippen LogP contribution in [-0.4, -0.2) is 0 Å². The molecule has 0 fully saturated rings. The first-order valence-electron chi connectivity index (χ1n) is 4.52. The molecule has 0 bridgehead atoms. The molecule has 2 rings (SSSR count). The third-order valence-corrected chi connectivity index (χ3v) is 3.10. The van der Waals surface area contributed by atoms with E-state index >= 15 is 0 Å². The summed E-state index contributed by atoms with van der Waals surface area (Å²) in [5.74, 6) is 0. The van der Waals surface area contributed by atoms with Crippen LogP contribution in [0.4, 0.5) is 5.69 Å². The highest BCUT2D eigenvalue weighted by atomic mass is 35.5. The molecule has 0 aromatic heterocycles. The lowest BCUT2D eigenvalue weighted by molar-refractivity contribution is 0.571. The number of hydrogen-bond donors (Lipinski definition) is 2. The Kier molecular flexibility index (Phi) is 2.18. The van der Waals surface area contributed by atoms with Crippen molar-refractivity contribution in [1.82, 2.24) is 0 Å². The van der Waals surface area contributed by atoms with E-state index in [9.17, 15) is 0 Å². The molecular weight excluding hydrogens is 184 g/mol. The van der Waals surface area contributed by atoms with Gasteiger partial charge in [0.1, 0.15) is 0 Å². The molecule has 0 aliphatic heterocycles. The van der Waals surface area contributed by atoms with Crippen LogP contribution in [0.15, 0.2) is 12.1 Å². The second-order valence-electron chi connectivity index (χ2n) is 3.54. The van der Waals surface area contributed by atoms with E-state index in [1.165, 1.54) is 5.56 Å². The first-order chi connectivity index (χ1) is 6.20. The summed E-state index contributed by atoms with van der Waals surface area (Å²) < 4.78 is 0. The van der Waals surface area contributed by atoms with Crippen molar-refractivity contribution in [3.05, 3.63) is 28.3 Å². The lowest BCUT2D eigenvalue weighted by Crippen LogP contribution is -2.17. The third kappa shape index (κ3) is 1.40. The summed E-state index contributed by atoms with van der Waals surface area (Å²) in [6.45, 7) is 0. The van der Waals surface area contributed by atoms with Gasteiger partial charge in [-0.1, -0.05) is 17.7 Å². The molecule has 4 N–H and O–H groups in total. The molecule has 1 atom stereocenters. The van der Waals surface area contributed by atoms with Gasteiger partial charge in [0.2, 0.25) is 0 Å². The minimum absolute atomic E-state index is 0.141. The smallest absolute Gasteiger partial charge is 0.0670 e. The second kappa shape index (κ2) is 3.20. The average molecular weight is 197 g/mol. The van der Waals surface area contributed by atoms with E-state index in [-0.39, 0.29) is 6.04 Å². The summed E-state index contributed by atoms with van der Waals surface area (Å²) in [6.07, 6.45) is 3.16. The van der Waals surface area contributed by atoms with Crippen LogP contribution in [0.5, 0.6) is 0 Å². The van der Waals surface area contributed by atoms with Gasteiger partial charge >= 0.3 is 0 Å². The fourth-order valence-corrected chi connectivity index (χ4v) is 2.18. The zero-order chi connectivity index (χ0) is 9.42. The Bertz CT molecular complexity index is 336. The molecule has 13 heavy (non-hydrogen) atoms. The van der Waals surface area contributed by atoms with Crippen LogP contribution in [0, 0.1) is 0 Å². The molecule has 0 unspecified atom stereocenters. The highest BCUT2D eigenvalue weighted by molar-refractivity contribution is 6.34. The predicted molar refractivity (Wildman–Crippen MR) is 55.7 cm³/mol. The van der Waals surface area contributed by atoms with Gasteiger partial charge < -0.3 is 11.5 Å². The number of rotatable bonds is 0. The molecular formula is C10H13ClN2. The Hall–Kier alpha value is -0.730. The van der Waals surface area contributed by atoms with Crippen molar-refractivity contribution in [1.29, 1.82) is 0 Å². The predicted octanol–water partition coefficient (Wildman–Crippen LogP) is 2.26. The van der Waals surface area contributed by atoms with Crippen LogP contribution in [0.25, 0.3) is 0 Å². The summed E-state index contributed by atoms with van der Waals surface area (Å²) in [6, 6.07) is 3.98. The number of anilines is 1. The van der Waals surface area contributed by atoms with Gasteiger partial charge in [-0.05, 0) is 36.5 Å². The summed E-state index contributed by atoms with van der Waals surface area (Å²) in [5.41, 5.74) is 14.7. The highest BCUT2D eigenvalue weighted by Gasteiger charge is 2.19. The van der Waals surface area contributed by atoms with Crippen LogP contribution in [0.3, 0.4) is 0 Å². The van der Waals surface area contributed by atoms with E-state index in [0.29, 0.717) is 10.7 Å². The molecule has 0 spiro atoms. The molecule has 2 nitrogen and oxygen atoms in total. The zero-order valence-electron chi connectivity index (χ0n) is 7.39. The molecule has 1 aliphatic carbocycles. The first-order valence-corrected chi connectivity index (χ1v) is 4.90. The second-order valence-corrected chi connectivity index (χ2v) is 3.91. The van der Waals surface area contributed by atoms with Crippen molar-refractivity contribution >= 4 is 17.3 Å². The molecule has 70 valence electrons. The highest BCUT2D eigenvalue weighted by Crippen LogP contribution is 2.35. The maximum Gasteiger partial charge on any atom is 0.0670 e. The van der Waals surface area contributed by atoms with Crippen molar-refractivity contribution in [2.75, 3.05) is 5.73 Å². The van der Waals surface area contributed by atoms with Crippen molar-refractivity contribution in [3.63, 3.8) is 0 Å². The van der Waals surface area contributed by atoms with Crippen molar-refractivity contribution < 1.29 is 0 Å². The number of nitrogen functional groups attached to an aromatic ring is 1. The number of halogens is 1. The molecule has 0 saturated heterocycles. The number of nitrogens with two attached hydrogens (primary N) is 2. The van der Waals surface area contributed by atoms with Gasteiger partial charge in [-0.2, -0.15) is 0 Å². The van der Waals surface area contributed by atoms with Crippen LogP contribution < -0.4 is 11.5 Å². The third-order valence-electron chi connectivity index (χ3n) is 2.65. The summed E-state index contributed by atoms with van der Waals surface area (Å²) >= 11 is 6.10. The number of hydrogen-bond acceptors (Lipinski definition) is 2. The van der Waals surface area contributed by atoms with E-state index in [2.05, 4.69) is 0 Å². The minimum Gasteiger partial charge on any atom is -0.398 e. The molecule has 1 aromatic rings. The Balaban J connectivity index is 2.56. The van der Waals surface area contributed by atoms with Crippen LogP contribution >= 0.6 is 11.6 Å². The molecule has 0 amide bonds. The molecule has 0 radical (unpaired) electrons. The van der Waals surface area contributed by atoms with Crippen molar-refractivity contribution in [2.45, 2.75) is 25.3 Å². The fourth-order valence-electron chi connectivity index (χ4n) is 1.91. The van der Waals surface area contributed by atoms with E-state index < -0.39 is 0 Å².